The van der Waals surface area contributed by atoms with Crippen molar-refractivity contribution in [1.82, 2.24) is 10.2 Å². The number of likely N-dealkylation sites (N-methyl/N-ethyl adjacent to an activating group) is 1. The van der Waals surface area contributed by atoms with Gasteiger partial charge in [-0.2, -0.15) is 0 Å². The molecule has 1 N–H and O–H groups in total. The summed E-state index contributed by atoms with van der Waals surface area (Å²) in [4.78, 5) is 29.2. The first-order valence-corrected chi connectivity index (χ1v) is 9.32. The molecule has 0 aromatic heterocycles. The van der Waals surface area contributed by atoms with Crippen LogP contribution in [-0.2, 0) is 9.59 Å². The Labute approximate surface area is 155 Å². The molecule has 2 aromatic carbocycles. The summed E-state index contributed by atoms with van der Waals surface area (Å²) in [6, 6.07) is 13.9. The van der Waals surface area contributed by atoms with E-state index in [-0.39, 0.29) is 30.3 Å². The first kappa shape index (κ1) is 18.4. The van der Waals surface area contributed by atoms with Crippen LogP contribution in [-0.4, -0.2) is 48.9 Å². The number of hydrogen-bond acceptors (Lipinski definition) is 3. The molecule has 0 radical (unpaired) electrons. The van der Waals surface area contributed by atoms with Crippen LogP contribution >= 0.6 is 0 Å². The van der Waals surface area contributed by atoms with Crippen molar-refractivity contribution in [2.45, 2.75) is 26.8 Å². The van der Waals surface area contributed by atoms with Gasteiger partial charge in [-0.3, -0.25) is 14.5 Å². The quantitative estimate of drug-likeness (QED) is 0.899. The molecule has 1 fully saturated rings. The van der Waals surface area contributed by atoms with Gasteiger partial charge in [0.15, 0.2) is 0 Å². The molecule has 0 bridgehead atoms. The van der Waals surface area contributed by atoms with Gasteiger partial charge in [0.05, 0.1) is 18.3 Å². The van der Waals surface area contributed by atoms with E-state index < -0.39 is 0 Å². The minimum absolute atomic E-state index is 0.0206. The van der Waals surface area contributed by atoms with Gasteiger partial charge in [0.1, 0.15) is 0 Å². The minimum atomic E-state index is -0.251. The lowest BCUT2D eigenvalue weighted by molar-refractivity contribution is -0.132. The number of rotatable bonds is 5. The van der Waals surface area contributed by atoms with Gasteiger partial charge < -0.3 is 10.2 Å². The number of carbonyl (C=O) groups excluding carboxylic acids is 2. The summed E-state index contributed by atoms with van der Waals surface area (Å²) in [7, 11) is 0. The summed E-state index contributed by atoms with van der Waals surface area (Å²) in [6.45, 7) is 8.18. The second-order valence-corrected chi connectivity index (χ2v) is 7.09. The number of benzene rings is 2. The van der Waals surface area contributed by atoms with Crippen LogP contribution in [0.15, 0.2) is 42.5 Å². The highest BCUT2D eigenvalue weighted by atomic mass is 16.2. The van der Waals surface area contributed by atoms with Gasteiger partial charge in [-0.1, -0.05) is 50.2 Å². The Kier molecular flexibility index (Phi) is 5.57. The predicted octanol–water partition coefficient (Wildman–Crippen LogP) is 2.65. The molecule has 138 valence electrons. The molecule has 0 saturated carbocycles. The van der Waals surface area contributed by atoms with E-state index in [1.807, 2.05) is 60.9 Å². The van der Waals surface area contributed by atoms with Crippen molar-refractivity contribution in [1.29, 1.82) is 0 Å². The van der Waals surface area contributed by atoms with Crippen LogP contribution in [0.1, 0.15) is 20.8 Å². The van der Waals surface area contributed by atoms with Crippen LogP contribution in [0.4, 0.5) is 5.69 Å². The summed E-state index contributed by atoms with van der Waals surface area (Å²) < 4.78 is 0. The van der Waals surface area contributed by atoms with Gasteiger partial charge in [-0.15, -0.1) is 0 Å². The van der Waals surface area contributed by atoms with Crippen molar-refractivity contribution < 1.29 is 9.59 Å². The Morgan fingerprint density at radius 2 is 1.96 bits per heavy atom. The van der Waals surface area contributed by atoms with Gasteiger partial charge >= 0.3 is 0 Å². The zero-order chi connectivity index (χ0) is 18.7. The molecule has 0 aliphatic carbocycles. The van der Waals surface area contributed by atoms with Crippen LogP contribution in [0.2, 0.25) is 0 Å². The van der Waals surface area contributed by atoms with Crippen molar-refractivity contribution in [2.24, 2.45) is 5.92 Å². The summed E-state index contributed by atoms with van der Waals surface area (Å²) in [5, 5.41) is 5.10. The van der Waals surface area contributed by atoms with Gasteiger partial charge in [0.25, 0.3) is 0 Å². The Hall–Kier alpha value is -2.40. The number of anilines is 1. The molecule has 2 amide bonds. The minimum Gasteiger partial charge on any atom is -0.353 e. The number of nitrogens with one attached hydrogen (secondary N) is 1. The largest absolute Gasteiger partial charge is 0.353 e. The molecule has 1 aliphatic rings. The maximum atomic E-state index is 13.1. The molecular weight excluding hydrogens is 326 g/mol. The third-order valence-electron chi connectivity index (χ3n) is 5.00. The van der Waals surface area contributed by atoms with Crippen molar-refractivity contribution in [3.05, 3.63) is 42.5 Å². The second kappa shape index (κ2) is 7.87. The van der Waals surface area contributed by atoms with Crippen molar-refractivity contribution >= 4 is 28.3 Å². The van der Waals surface area contributed by atoms with E-state index in [1.54, 1.807) is 0 Å². The zero-order valence-corrected chi connectivity index (χ0v) is 15.7. The van der Waals surface area contributed by atoms with Gasteiger partial charge in [-0.05, 0) is 24.3 Å². The number of carbonyl (C=O) groups is 2. The lowest BCUT2D eigenvalue weighted by Gasteiger charge is -2.37. The first-order valence-electron chi connectivity index (χ1n) is 9.32. The molecule has 1 aliphatic heterocycles. The smallest absolute Gasteiger partial charge is 0.241 e. The first-order chi connectivity index (χ1) is 12.5. The zero-order valence-electron chi connectivity index (χ0n) is 15.7. The standard InChI is InChI=1S/C21H27N3O2/c1-4-24(18-11-7-9-16-8-5-6-10-17(16)18)19(25)14-23-13-12-22-21(26)20(23)15(2)3/h5-11,15,20H,4,12-14H2,1-3H3,(H,22,26). The Balaban J connectivity index is 1.86. The van der Waals surface area contributed by atoms with E-state index in [2.05, 4.69) is 17.4 Å². The number of piperazine rings is 1. The van der Waals surface area contributed by atoms with Gasteiger partial charge in [0, 0.05) is 25.0 Å². The SMILES string of the molecule is CCN(C(=O)CN1CCNC(=O)C1C(C)C)c1cccc2ccccc12. The van der Waals surface area contributed by atoms with Gasteiger partial charge in [-0.25, -0.2) is 0 Å². The number of fused-ring (bicyclic) bond motifs is 1. The third kappa shape index (κ3) is 3.58. The molecular formula is C21H27N3O2. The molecule has 1 unspecified atom stereocenters. The lowest BCUT2D eigenvalue weighted by Crippen LogP contribution is -2.59. The number of hydrogen-bond donors (Lipinski definition) is 1. The van der Waals surface area contributed by atoms with E-state index in [1.165, 1.54) is 0 Å². The van der Waals surface area contributed by atoms with E-state index in [9.17, 15) is 9.59 Å². The molecule has 1 saturated heterocycles. The van der Waals surface area contributed by atoms with E-state index in [4.69, 9.17) is 0 Å². The molecule has 2 aromatic rings. The maximum Gasteiger partial charge on any atom is 0.241 e. The van der Waals surface area contributed by atoms with Crippen molar-refractivity contribution in [2.75, 3.05) is 31.1 Å². The van der Waals surface area contributed by atoms with Crippen LogP contribution in [0.3, 0.4) is 0 Å². The van der Waals surface area contributed by atoms with Crippen LogP contribution in [0.5, 0.6) is 0 Å². The fourth-order valence-corrected chi connectivity index (χ4v) is 3.82. The second-order valence-electron chi connectivity index (χ2n) is 7.09. The molecule has 26 heavy (non-hydrogen) atoms. The highest BCUT2D eigenvalue weighted by molar-refractivity contribution is 6.04. The molecule has 3 rings (SSSR count). The molecule has 0 spiro atoms. The van der Waals surface area contributed by atoms with Crippen molar-refractivity contribution in [3.8, 4) is 0 Å². The monoisotopic (exact) mass is 353 g/mol. The Morgan fingerprint density at radius 1 is 1.23 bits per heavy atom. The molecule has 5 heteroatoms. The molecule has 1 heterocycles. The third-order valence-corrected chi connectivity index (χ3v) is 5.00. The summed E-state index contributed by atoms with van der Waals surface area (Å²) in [5.74, 6) is 0.215. The highest BCUT2D eigenvalue weighted by Gasteiger charge is 2.34. The van der Waals surface area contributed by atoms with Crippen LogP contribution in [0, 0.1) is 5.92 Å². The number of nitrogens with zero attached hydrogens (tertiary/aromatic N) is 2. The molecule has 1 atom stereocenters. The Bertz CT molecular complexity index is 797. The molecule has 5 nitrogen and oxygen atoms in total. The fourth-order valence-electron chi connectivity index (χ4n) is 3.82. The van der Waals surface area contributed by atoms with Crippen molar-refractivity contribution in [3.63, 3.8) is 0 Å². The summed E-state index contributed by atoms with van der Waals surface area (Å²) in [6.07, 6.45) is 0. The van der Waals surface area contributed by atoms with E-state index in [0.717, 1.165) is 16.5 Å². The normalized spacial score (nSPS) is 18.2. The van der Waals surface area contributed by atoms with E-state index >= 15 is 0 Å². The highest BCUT2D eigenvalue weighted by Crippen LogP contribution is 2.27. The lowest BCUT2D eigenvalue weighted by atomic mass is 9.99. The van der Waals surface area contributed by atoms with Crippen LogP contribution in [0.25, 0.3) is 10.8 Å². The summed E-state index contributed by atoms with van der Waals surface area (Å²) >= 11 is 0. The fraction of sp³-hybridized carbons (Fsp3) is 0.429. The summed E-state index contributed by atoms with van der Waals surface area (Å²) in [5.41, 5.74) is 0.929. The average molecular weight is 353 g/mol. The predicted molar refractivity (Wildman–Crippen MR) is 105 cm³/mol. The topological polar surface area (TPSA) is 52.7 Å². The van der Waals surface area contributed by atoms with Crippen LogP contribution < -0.4 is 10.2 Å². The maximum absolute atomic E-state index is 13.1. The van der Waals surface area contributed by atoms with Gasteiger partial charge in [0.2, 0.25) is 11.8 Å². The Morgan fingerprint density at radius 3 is 2.69 bits per heavy atom. The number of amides is 2. The van der Waals surface area contributed by atoms with E-state index in [0.29, 0.717) is 19.6 Å². The average Bonchev–Trinajstić information content (AvgIpc) is 2.62.